The molecule has 0 aromatic heterocycles. The molecule has 0 spiro atoms. The Bertz CT molecular complexity index is 810. The van der Waals surface area contributed by atoms with Gasteiger partial charge in [0.1, 0.15) is 0 Å². The van der Waals surface area contributed by atoms with E-state index in [0.29, 0.717) is 37.1 Å². The Labute approximate surface area is 155 Å². The van der Waals surface area contributed by atoms with E-state index in [1.54, 1.807) is 17.0 Å². The SMILES string of the molecule is O=C(c1ccccc1)C1CCN(C(=O)Cc2cccc(C(F)(F)F)c2)CC1. The summed E-state index contributed by atoms with van der Waals surface area (Å²) in [5.74, 6) is -0.245. The highest BCUT2D eigenvalue weighted by Crippen LogP contribution is 2.30. The maximum atomic E-state index is 12.8. The summed E-state index contributed by atoms with van der Waals surface area (Å²) in [6.45, 7) is 0.891. The largest absolute Gasteiger partial charge is 0.416 e. The Morgan fingerprint density at radius 2 is 1.63 bits per heavy atom. The van der Waals surface area contributed by atoms with Crippen LogP contribution in [0.2, 0.25) is 0 Å². The van der Waals surface area contributed by atoms with Crippen LogP contribution < -0.4 is 0 Å². The summed E-state index contributed by atoms with van der Waals surface area (Å²) in [4.78, 5) is 26.6. The van der Waals surface area contributed by atoms with Gasteiger partial charge in [-0.2, -0.15) is 13.2 Å². The summed E-state index contributed by atoms with van der Waals surface area (Å²) in [5, 5.41) is 0. The Balaban J connectivity index is 1.57. The average molecular weight is 375 g/mol. The van der Waals surface area contributed by atoms with Crippen molar-refractivity contribution in [3.63, 3.8) is 0 Å². The Hall–Kier alpha value is -2.63. The van der Waals surface area contributed by atoms with E-state index >= 15 is 0 Å². The normalized spacial score (nSPS) is 15.6. The monoisotopic (exact) mass is 375 g/mol. The highest BCUT2D eigenvalue weighted by molar-refractivity contribution is 5.98. The van der Waals surface area contributed by atoms with E-state index in [1.807, 2.05) is 18.2 Å². The number of piperidine rings is 1. The average Bonchev–Trinajstić information content (AvgIpc) is 2.68. The lowest BCUT2D eigenvalue weighted by Gasteiger charge is -2.31. The molecule has 0 unspecified atom stereocenters. The van der Waals surface area contributed by atoms with Crippen LogP contribution in [0.15, 0.2) is 54.6 Å². The van der Waals surface area contributed by atoms with Gasteiger partial charge in [0.25, 0.3) is 0 Å². The fraction of sp³-hybridized carbons (Fsp3) is 0.333. The van der Waals surface area contributed by atoms with E-state index in [2.05, 4.69) is 0 Å². The number of alkyl halides is 3. The quantitative estimate of drug-likeness (QED) is 0.744. The molecule has 6 heteroatoms. The van der Waals surface area contributed by atoms with Gasteiger partial charge in [-0.15, -0.1) is 0 Å². The topological polar surface area (TPSA) is 37.4 Å². The van der Waals surface area contributed by atoms with E-state index in [0.717, 1.165) is 12.1 Å². The molecule has 1 fully saturated rings. The van der Waals surface area contributed by atoms with Gasteiger partial charge in [-0.25, -0.2) is 0 Å². The molecule has 27 heavy (non-hydrogen) atoms. The van der Waals surface area contributed by atoms with E-state index in [1.165, 1.54) is 12.1 Å². The number of carbonyl (C=O) groups is 2. The highest BCUT2D eigenvalue weighted by atomic mass is 19.4. The lowest BCUT2D eigenvalue weighted by molar-refractivity contribution is -0.138. The van der Waals surface area contributed by atoms with Gasteiger partial charge in [-0.05, 0) is 24.5 Å². The number of nitrogens with zero attached hydrogens (tertiary/aromatic N) is 1. The van der Waals surface area contributed by atoms with Crippen molar-refractivity contribution >= 4 is 11.7 Å². The lowest BCUT2D eigenvalue weighted by atomic mass is 9.88. The number of carbonyl (C=O) groups excluding carboxylic acids is 2. The van der Waals surface area contributed by atoms with E-state index < -0.39 is 11.7 Å². The molecule has 0 N–H and O–H groups in total. The molecule has 1 heterocycles. The molecular weight excluding hydrogens is 355 g/mol. The van der Waals surface area contributed by atoms with Crippen molar-refractivity contribution in [1.82, 2.24) is 4.90 Å². The first-order chi connectivity index (χ1) is 12.8. The zero-order chi connectivity index (χ0) is 19.4. The fourth-order valence-corrected chi connectivity index (χ4v) is 3.37. The van der Waals surface area contributed by atoms with Gasteiger partial charge in [-0.3, -0.25) is 9.59 Å². The molecule has 0 radical (unpaired) electrons. The fourth-order valence-electron chi connectivity index (χ4n) is 3.37. The molecule has 0 atom stereocenters. The van der Waals surface area contributed by atoms with Crippen molar-refractivity contribution in [2.24, 2.45) is 5.92 Å². The molecule has 2 aromatic carbocycles. The molecule has 0 aliphatic carbocycles. The molecule has 1 amide bonds. The lowest BCUT2D eigenvalue weighted by Crippen LogP contribution is -2.41. The van der Waals surface area contributed by atoms with Gasteiger partial charge in [0.05, 0.1) is 12.0 Å². The second-order valence-corrected chi connectivity index (χ2v) is 6.76. The summed E-state index contributed by atoms with van der Waals surface area (Å²) >= 11 is 0. The first-order valence-electron chi connectivity index (χ1n) is 8.88. The molecule has 3 rings (SSSR count). The number of Topliss-reactive ketones (excluding diaryl/α,β-unsaturated/α-hetero) is 1. The van der Waals surface area contributed by atoms with Gasteiger partial charge < -0.3 is 4.90 Å². The zero-order valence-electron chi connectivity index (χ0n) is 14.7. The van der Waals surface area contributed by atoms with Crippen LogP contribution in [-0.4, -0.2) is 29.7 Å². The van der Waals surface area contributed by atoms with Crippen LogP contribution in [0.4, 0.5) is 13.2 Å². The van der Waals surface area contributed by atoms with Crippen molar-refractivity contribution in [2.75, 3.05) is 13.1 Å². The van der Waals surface area contributed by atoms with Crippen LogP contribution in [-0.2, 0) is 17.4 Å². The van der Waals surface area contributed by atoms with Gasteiger partial charge in [0.15, 0.2) is 5.78 Å². The summed E-state index contributed by atoms with van der Waals surface area (Å²) in [6, 6.07) is 13.9. The van der Waals surface area contributed by atoms with E-state index in [-0.39, 0.29) is 24.0 Å². The summed E-state index contributed by atoms with van der Waals surface area (Å²) in [7, 11) is 0. The molecule has 3 nitrogen and oxygen atoms in total. The molecule has 0 bridgehead atoms. The molecule has 2 aromatic rings. The molecule has 0 saturated carbocycles. The third-order valence-electron chi connectivity index (χ3n) is 4.89. The van der Waals surface area contributed by atoms with E-state index in [4.69, 9.17) is 0 Å². The zero-order valence-corrected chi connectivity index (χ0v) is 14.7. The first-order valence-corrected chi connectivity index (χ1v) is 8.88. The van der Waals surface area contributed by atoms with Gasteiger partial charge in [0, 0.05) is 24.6 Å². The minimum absolute atomic E-state index is 0.0682. The van der Waals surface area contributed by atoms with Crippen LogP contribution in [0.3, 0.4) is 0 Å². The summed E-state index contributed by atoms with van der Waals surface area (Å²) in [5.41, 5.74) is 0.267. The van der Waals surface area contributed by atoms with Crippen LogP contribution in [0.25, 0.3) is 0 Å². The summed E-state index contributed by atoms with van der Waals surface area (Å²) < 4.78 is 38.4. The number of likely N-dealkylation sites (tertiary alicyclic amines) is 1. The van der Waals surface area contributed by atoms with Crippen molar-refractivity contribution in [1.29, 1.82) is 0 Å². The number of amides is 1. The molecular formula is C21H20F3NO2. The third kappa shape index (κ3) is 4.76. The smallest absolute Gasteiger partial charge is 0.342 e. The maximum Gasteiger partial charge on any atom is 0.416 e. The van der Waals surface area contributed by atoms with E-state index in [9.17, 15) is 22.8 Å². The Morgan fingerprint density at radius 1 is 0.963 bits per heavy atom. The second kappa shape index (κ2) is 7.94. The van der Waals surface area contributed by atoms with Gasteiger partial charge in [0.2, 0.25) is 5.91 Å². The molecule has 1 saturated heterocycles. The van der Waals surface area contributed by atoms with Crippen molar-refractivity contribution < 1.29 is 22.8 Å². The number of hydrogen-bond acceptors (Lipinski definition) is 2. The number of benzene rings is 2. The number of halogens is 3. The molecule has 142 valence electrons. The minimum atomic E-state index is -4.42. The van der Waals surface area contributed by atoms with Crippen LogP contribution in [0, 0.1) is 5.92 Å². The predicted octanol–water partition coefficient (Wildman–Crippen LogP) is 4.37. The van der Waals surface area contributed by atoms with Crippen LogP contribution in [0.5, 0.6) is 0 Å². The van der Waals surface area contributed by atoms with Crippen molar-refractivity contribution in [3.8, 4) is 0 Å². The first kappa shape index (κ1) is 19.1. The number of rotatable bonds is 4. The Kier molecular flexibility index (Phi) is 5.63. The number of hydrogen-bond donors (Lipinski definition) is 0. The number of ketones is 1. The van der Waals surface area contributed by atoms with Crippen LogP contribution in [0.1, 0.15) is 34.3 Å². The van der Waals surface area contributed by atoms with Crippen molar-refractivity contribution in [2.45, 2.75) is 25.4 Å². The molecule has 1 aliphatic heterocycles. The maximum absolute atomic E-state index is 12.8. The van der Waals surface area contributed by atoms with Gasteiger partial charge >= 0.3 is 6.18 Å². The van der Waals surface area contributed by atoms with Crippen molar-refractivity contribution in [3.05, 3.63) is 71.3 Å². The second-order valence-electron chi connectivity index (χ2n) is 6.76. The third-order valence-corrected chi connectivity index (χ3v) is 4.89. The Morgan fingerprint density at radius 3 is 2.26 bits per heavy atom. The molecule has 1 aliphatic rings. The standard InChI is InChI=1S/C21H20F3NO2/c22-21(23,24)18-8-4-5-15(13-18)14-19(26)25-11-9-17(10-12-25)20(27)16-6-2-1-3-7-16/h1-8,13,17H,9-12,14H2. The highest BCUT2D eigenvalue weighted by Gasteiger charge is 2.31. The minimum Gasteiger partial charge on any atom is -0.342 e. The predicted molar refractivity (Wildman–Crippen MR) is 95.2 cm³/mol. The van der Waals surface area contributed by atoms with Gasteiger partial charge in [-0.1, -0.05) is 48.5 Å². The van der Waals surface area contributed by atoms with Crippen LogP contribution >= 0.6 is 0 Å². The summed E-state index contributed by atoms with van der Waals surface area (Å²) in [6.07, 6.45) is -3.35.